The van der Waals surface area contributed by atoms with Crippen molar-refractivity contribution >= 4 is 71.5 Å². The van der Waals surface area contributed by atoms with Crippen LogP contribution in [0.2, 0.25) is 0 Å². The number of esters is 2. The Morgan fingerprint density at radius 2 is 1.30 bits per heavy atom. The number of hydrogen-bond acceptors (Lipinski definition) is 29. The summed E-state index contributed by atoms with van der Waals surface area (Å²) >= 11 is 0. The summed E-state index contributed by atoms with van der Waals surface area (Å²) in [7, 11) is 0. The van der Waals surface area contributed by atoms with E-state index in [1.807, 2.05) is 79.7 Å². The van der Waals surface area contributed by atoms with Crippen LogP contribution in [0.3, 0.4) is 0 Å². The van der Waals surface area contributed by atoms with Gasteiger partial charge in [0.25, 0.3) is 12.2 Å². The second-order valence-electron chi connectivity index (χ2n) is 20.3. The molecule has 0 saturated heterocycles. The van der Waals surface area contributed by atoms with Gasteiger partial charge in [-0.05, 0) is 102 Å². The van der Waals surface area contributed by atoms with Gasteiger partial charge in [-0.2, -0.15) is 26.3 Å². The molecule has 0 radical (unpaired) electrons. The Labute approximate surface area is 600 Å². The van der Waals surface area contributed by atoms with Crippen molar-refractivity contribution in [3.05, 3.63) is 227 Å². The van der Waals surface area contributed by atoms with E-state index in [-0.39, 0.29) is 89.5 Å². The number of pyridine rings is 3. The maximum atomic E-state index is 11.7. The summed E-state index contributed by atoms with van der Waals surface area (Å²) in [5.74, 6) is -1.16. The van der Waals surface area contributed by atoms with Crippen LogP contribution in [0.4, 0.5) is 17.3 Å². The van der Waals surface area contributed by atoms with E-state index >= 15 is 0 Å². The first-order chi connectivity index (χ1) is 49.3. The van der Waals surface area contributed by atoms with Crippen LogP contribution in [0.1, 0.15) is 131 Å². The van der Waals surface area contributed by atoms with Crippen LogP contribution in [0.25, 0.3) is 22.0 Å². The molecule has 1 unspecified atom stereocenters. The number of allylic oxidation sites excluding steroid dienone is 2. The fraction of sp³-hybridized carbons (Fsp3) is 0.264. The lowest BCUT2D eigenvalue weighted by molar-refractivity contribution is -0.489. The minimum absolute atomic E-state index is 0. The average molecular weight is 1420 g/mol. The zero-order valence-corrected chi connectivity index (χ0v) is 57.7. The number of nitrogen functional groups attached to an aromatic ring is 2. The van der Waals surface area contributed by atoms with Gasteiger partial charge in [0.1, 0.15) is 77.2 Å². The molecule has 8 rings (SSSR count). The number of nitro groups is 2. The smallest absolute Gasteiger partial charge is 0.342 e. The monoisotopic (exact) mass is 1420 g/mol. The standard InChI is InChI=1S/C15H12N2O.C11H13NO2.C10H11N3.C10H6N2.C8H9N3O4.C7H10O2.C5H10N2O2.C3H2N2.C3H3NO4.H3N/c1-10-13(8-16)15(12-6-4-3-5-7-12)14(9-17-10)11(2)18;1-2-14-11(12)8-10(13)9-6-4-3-5-7-9;11-6-8-5-7-3-1-2-4-9(7)13-10(8)12;11-7-10(8-12)6-9-4-2-1-3-5-9;1-2-15-8(12)6-3-5(11(13)14)4-10-7(6)9;8-5-6-3-1-2-4-7(6)9;1-2-9-5(8)3-4(6)7;1-5-3-2-4;5-1-3(2-6)4(7)8;/h3-7,9H,1-2H3;3-8H,2,12H2,1H3;5H,1-4H2,(H2,12,13);1-6H;3-4H,2H2,1H3,(H2,9,10);5-6H,1-4H2;3H,2,6-7H2,1H3;3H2;1-3H;1H3/b;11-8-;;;;;;;;. The van der Waals surface area contributed by atoms with Gasteiger partial charge >= 0.3 is 18.0 Å². The Morgan fingerprint density at radius 3 is 1.75 bits per heavy atom. The Kier molecular flexibility index (Phi) is 47.5. The van der Waals surface area contributed by atoms with Crippen molar-refractivity contribution in [2.45, 2.75) is 92.0 Å². The Bertz CT molecular complexity index is 4170. The number of rotatable bonds is 16. The minimum atomic E-state index is -1.69. The van der Waals surface area contributed by atoms with E-state index in [2.05, 4.69) is 41.4 Å². The number of ether oxygens (including phenoxy) is 3. The van der Waals surface area contributed by atoms with Crippen LogP contribution >= 0.6 is 0 Å². The number of fused-ring (bicyclic) bond motifs is 1. The number of nitrogens with zero attached hydrogens (tertiary/aromatic N) is 11. The van der Waals surface area contributed by atoms with Crippen molar-refractivity contribution in [1.82, 2.24) is 21.1 Å². The predicted molar refractivity (Wildman–Crippen MR) is 382 cm³/mol. The maximum absolute atomic E-state index is 11.7. The van der Waals surface area contributed by atoms with Gasteiger partial charge in [0, 0.05) is 52.1 Å². The molecule has 0 spiro atoms. The van der Waals surface area contributed by atoms with Gasteiger partial charge in [-0.1, -0.05) is 97.4 Å². The zero-order valence-electron chi connectivity index (χ0n) is 57.7. The van der Waals surface area contributed by atoms with Crippen molar-refractivity contribution in [2.75, 3.05) is 37.8 Å². The number of Topliss-reactive ketones (excluding diaryl/α,β-unsaturated/α-hetero) is 2. The minimum Gasteiger partial charge on any atom is -0.480 e. The molecule has 6 aromatic rings. The summed E-state index contributed by atoms with van der Waals surface area (Å²) in [4.78, 5) is 118. The molecule has 13 N–H and O–H groups in total. The number of nitriles is 5. The second kappa shape index (κ2) is 53.8. The fourth-order valence-electron chi connectivity index (χ4n) is 8.06. The summed E-state index contributed by atoms with van der Waals surface area (Å²) in [6.45, 7) is 15.4. The van der Waals surface area contributed by atoms with Crippen LogP contribution in [0.5, 0.6) is 0 Å². The van der Waals surface area contributed by atoms with Crippen LogP contribution in [0, 0.1) is 96.3 Å². The first kappa shape index (κ1) is 91.8. The van der Waals surface area contributed by atoms with E-state index in [1.54, 1.807) is 75.5 Å². The average Bonchev–Trinajstić information content (AvgIpc) is 0.800. The number of hydrogen-bond donors (Lipinski definition) is 6. The van der Waals surface area contributed by atoms with Gasteiger partial charge < -0.3 is 58.7 Å². The molecule has 1 saturated carbocycles. The SMILES string of the molecule is CC(=O)c1cnc(C)c(C#N)c1-c1ccccc1.CCO/C(N)=C\C(=O)c1ccccc1.CCOC(=O)C=C(N)N.CCOC(=O)c1cc([N+](=O)[O-])cnc1N.N.N#CC(C#N)=Cc1ccccc1.N#Cc1cc2c(nc1N)CCCC2.O=CC(C=O)[N+](=O)[O-].O=CC1CCCCC1=O.[C-]#[N+]CC#N. The Balaban J connectivity index is 0. The molecule has 1 fully saturated rings. The molecule has 2 aliphatic carbocycles. The third kappa shape index (κ3) is 36.4. The highest BCUT2D eigenvalue weighted by Gasteiger charge is 2.22. The molecule has 3 aromatic heterocycles. The van der Waals surface area contributed by atoms with Crippen molar-refractivity contribution < 1.29 is 62.4 Å². The van der Waals surface area contributed by atoms with Crippen molar-refractivity contribution in [2.24, 2.45) is 23.1 Å². The summed E-state index contributed by atoms with van der Waals surface area (Å²) in [5, 5.41) is 62.4. The van der Waals surface area contributed by atoms with Crippen molar-refractivity contribution in [3.8, 4) is 41.5 Å². The predicted octanol–water partition coefficient (Wildman–Crippen LogP) is 8.99. The molecule has 0 bridgehead atoms. The molecule has 32 heteroatoms. The molecule has 32 nitrogen and oxygen atoms in total. The molecular weight excluding hydrogens is 1340 g/mol. The van der Waals surface area contributed by atoms with Gasteiger partial charge in [0.05, 0.1) is 53.6 Å². The summed E-state index contributed by atoms with van der Waals surface area (Å²) < 4.78 is 14.1. The van der Waals surface area contributed by atoms with E-state index in [1.165, 1.54) is 31.4 Å². The maximum Gasteiger partial charge on any atom is 0.342 e. The van der Waals surface area contributed by atoms with Crippen LogP contribution in [-0.2, 0) is 51.0 Å². The number of nitrogens with two attached hydrogens (primary N) is 5. The topological polar surface area (TPSA) is 578 Å². The molecule has 3 heterocycles. The number of carbonyl (C=O) groups is 8. The van der Waals surface area contributed by atoms with Gasteiger partial charge in [-0.15, -0.1) is 0 Å². The van der Waals surface area contributed by atoms with Crippen LogP contribution in [-0.4, -0.2) is 105 Å². The van der Waals surface area contributed by atoms with E-state index in [0.29, 0.717) is 59.0 Å². The molecule has 104 heavy (non-hydrogen) atoms. The fourth-order valence-corrected chi connectivity index (χ4v) is 8.06. The van der Waals surface area contributed by atoms with Crippen molar-refractivity contribution in [1.29, 1.82) is 26.3 Å². The van der Waals surface area contributed by atoms with E-state index < -0.39 is 27.8 Å². The normalized spacial score (nSPS) is 11.3. The van der Waals surface area contributed by atoms with E-state index in [4.69, 9.17) is 61.0 Å². The molecule has 0 aliphatic heterocycles. The molecule has 542 valence electrons. The van der Waals surface area contributed by atoms with Gasteiger partial charge in [-0.3, -0.25) is 49.2 Å². The lowest BCUT2D eigenvalue weighted by Gasteiger charge is -2.15. The number of aromatic nitrogens is 3. The second-order valence-corrected chi connectivity index (χ2v) is 20.3. The van der Waals surface area contributed by atoms with Gasteiger partial charge in [0.2, 0.25) is 12.6 Å². The highest BCUT2D eigenvalue weighted by molar-refractivity contribution is 6.04. The number of anilines is 2. The van der Waals surface area contributed by atoms with Gasteiger partial charge in [0.15, 0.2) is 17.4 Å². The number of benzene rings is 3. The third-order valence-electron chi connectivity index (χ3n) is 12.9. The zero-order chi connectivity index (χ0) is 77.7. The molecule has 3 aromatic carbocycles. The van der Waals surface area contributed by atoms with Crippen molar-refractivity contribution in [3.63, 3.8) is 0 Å². The number of carbonyl (C=O) groups excluding carboxylic acids is 8. The highest BCUT2D eigenvalue weighted by Crippen LogP contribution is 2.29. The Morgan fingerprint density at radius 1 is 0.731 bits per heavy atom. The number of aryl methyl sites for hydroxylation is 3. The molecule has 1 atom stereocenters. The van der Waals surface area contributed by atoms with E-state index in [9.17, 15) is 63.8 Å². The van der Waals surface area contributed by atoms with Crippen LogP contribution in [0.15, 0.2) is 145 Å². The van der Waals surface area contributed by atoms with Crippen LogP contribution < -0.4 is 34.8 Å². The lowest BCUT2D eigenvalue weighted by Crippen LogP contribution is -2.21. The summed E-state index contributed by atoms with van der Waals surface area (Å²) in [6.07, 6.45) is 15.0. The Hall–Kier alpha value is -14.2. The first-order valence-corrected chi connectivity index (χ1v) is 30.9. The van der Waals surface area contributed by atoms with E-state index in [0.717, 1.165) is 73.6 Å². The number of aldehydes is 3. The first-order valence-electron chi connectivity index (χ1n) is 30.9. The largest absolute Gasteiger partial charge is 0.480 e. The third-order valence-corrected chi connectivity index (χ3v) is 12.9. The molecule has 2 aliphatic rings. The number of ketones is 3. The lowest BCUT2D eigenvalue weighted by atomic mass is 9.89. The summed E-state index contributed by atoms with van der Waals surface area (Å²) in [6, 6.07) is 38.4. The quantitative estimate of drug-likeness (QED) is 0.00449. The molecule has 0 amide bonds. The van der Waals surface area contributed by atoms with Gasteiger partial charge in [-0.25, -0.2) is 26.1 Å². The molecular formula is C72H79N17O15. The summed E-state index contributed by atoms with van der Waals surface area (Å²) in [5.41, 5.74) is 33.5. The highest BCUT2D eigenvalue weighted by atomic mass is 16.6.